The lowest BCUT2D eigenvalue weighted by Gasteiger charge is -2.15. The van der Waals surface area contributed by atoms with Crippen LogP contribution in [0.3, 0.4) is 0 Å². The summed E-state index contributed by atoms with van der Waals surface area (Å²) in [7, 11) is 1.84. The normalized spacial score (nSPS) is 14.9. The van der Waals surface area contributed by atoms with E-state index in [9.17, 15) is 5.21 Å². The number of aryl methyl sites for hydroxylation is 1. The molecular weight excluding hydrogens is 417 g/mol. The van der Waals surface area contributed by atoms with Crippen molar-refractivity contribution in [2.75, 3.05) is 0 Å². The van der Waals surface area contributed by atoms with Crippen molar-refractivity contribution in [3.63, 3.8) is 0 Å². The van der Waals surface area contributed by atoms with Crippen molar-refractivity contribution < 1.29 is 4.73 Å². The van der Waals surface area contributed by atoms with Crippen molar-refractivity contribution in [1.29, 1.82) is 0 Å². The molecule has 0 amide bonds. The molecule has 24 heavy (non-hydrogen) atoms. The molecule has 1 saturated carbocycles. The Balaban J connectivity index is 2.03. The maximum Gasteiger partial charge on any atom is 0.360 e. The van der Waals surface area contributed by atoms with E-state index in [1.165, 1.54) is 5.56 Å². The standard InChI is InChI=1S/C17H20IN5O/c1-9(2)14-10(3)22(19-16(14)18)13-7-12-8-21(4)20-17(12)23(24)15(13)11-5-6-11/h7-9,11H,5-6H2,1-4H3. The summed E-state index contributed by atoms with van der Waals surface area (Å²) in [5.74, 6) is 0.712. The molecule has 7 heteroatoms. The molecule has 0 saturated heterocycles. The predicted octanol–water partition coefficient (Wildman–Crippen LogP) is 3.31. The van der Waals surface area contributed by atoms with Gasteiger partial charge in [0.05, 0.1) is 23.7 Å². The summed E-state index contributed by atoms with van der Waals surface area (Å²) < 4.78 is 5.67. The molecule has 6 nitrogen and oxygen atoms in total. The van der Waals surface area contributed by atoms with Crippen LogP contribution in [0.25, 0.3) is 16.7 Å². The second-order valence-electron chi connectivity index (χ2n) is 6.92. The molecule has 0 aromatic carbocycles. The van der Waals surface area contributed by atoms with Gasteiger partial charge in [-0.2, -0.15) is 9.78 Å². The SMILES string of the molecule is Cc1c(C(C)C)c(I)nn1-c1cc2cn(C)nc2[n+]([O-])c1C1CC1. The number of aromatic nitrogens is 5. The second kappa shape index (κ2) is 5.44. The van der Waals surface area contributed by atoms with Crippen LogP contribution < -0.4 is 4.73 Å². The Morgan fingerprint density at radius 2 is 2.04 bits per heavy atom. The smallest absolute Gasteiger partial charge is 0.360 e. The van der Waals surface area contributed by atoms with Gasteiger partial charge in [0.15, 0.2) is 0 Å². The molecule has 0 N–H and O–H groups in total. The molecule has 1 aliphatic rings. The van der Waals surface area contributed by atoms with Gasteiger partial charge in [0, 0.05) is 17.2 Å². The largest absolute Gasteiger partial charge is 0.710 e. The highest BCUT2D eigenvalue weighted by Crippen LogP contribution is 2.42. The molecule has 0 spiro atoms. The number of pyridine rings is 1. The van der Waals surface area contributed by atoms with Crippen molar-refractivity contribution in [3.8, 4) is 5.69 Å². The summed E-state index contributed by atoms with van der Waals surface area (Å²) >= 11 is 2.29. The van der Waals surface area contributed by atoms with Crippen LogP contribution in [0.5, 0.6) is 0 Å². The van der Waals surface area contributed by atoms with E-state index >= 15 is 0 Å². The monoisotopic (exact) mass is 437 g/mol. The van der Waals surface area contributed by atoms with Gasteiger partial charge >= 0.3 is 5.65 Å². The van der Waals surface area contributed by atoms with Crippen LogP contribution in [-0.4, -0.2) is 19.6 Å². The third kappa shape index (κ3) is 2.32. The lowest BCUT2D eigenvalue weighted by Crippen LogP contribution is -2.34. The Bertz CT molecular complexity index is 952. The van der Waals surface area contributed by atoms with Crippen molar-refractivity contribution in [2.24, 2.45) is 7.05 Å². The average molecular weight is 437 g/mol. The van der Waals surface area contributed by atoms with E-state index in [2.05, 4.69) is 54.5 Å². The summed E-state index contributed by atoms with van der Waals surface area (Å²) in [6.07, 6.45) is 4.00. The minimum absolute atomic E-state index is 0.313. The van der Waals surface area contributed by atoms with Crippen molar-refractivity contribution >= 4 is 33.6 Å². The Morgan fingerprint density at radius 3 is 2.62 bits per heavy atom. The topological polar surface area (TPSA) is 62.6 Å². The number of fused-ring (bicyclic) bond motifs is 1. The minimum atomic E-state index is 0.313. The summed E-state index contributed by atoms with van der Waals surface area (Å²) in [6, 6.07) is 2.06. The highest BCUT2D eigenvalue weighted by atomic mass is 127. The molecule has 3 aromatic rings. The second-order valence-corrected chi connectivity index (χ2v) is 7.94. The Morgan fingerprint density at radius 1 is 1.33 bits per heavy atom. The van der Waals surface area contributed by atoms with Crippen molar-refractivity contribution in [3.05, 3.63) is 38.1 Å². The maximum absolute atomic E-state index is 13.0. The number of nitrogens with zero attached hydrogens (tertiary/aromatic N) is 5. The van der Waals surface area contributed by atoms with E-state index in [0.29, 0.717) is 17.5 Å². The van der Waals surface area contributed by atoms with Crippen LogP contribution >= 0.6 is 22.6 Å². The fourth-order valence-corrected chi connectivity index (χ4v) is 4.69. The Labute approximate surface area is 154 Å². The third-order valence-electron chi connectivity index (χ3n) is 4.69. The van der Waals surface area contributed by atoms with Gasteiger partial charge in [-0.15, -0.1) is 0 Å². The summed E-state index contributed by atoms with van der Waals surface area (Å²) in [6.45, 7) is 6.44. The molecule has 3 heterocycles. The van der Waals surface area contributed by atoms with E-state index < -0.39 is 0 Å². The summed E-state index contributed by atoms with van der Waals surface area (Å²) in [5, 5.41) is 22.9. The fraction of sp³-hybridized carbons (Fsp3) is 0.471. The zero-order valence-electron chi connectivity index (χ0n) is 14.2. The van der Waals surface area contributed by atoms with Gasteiger partial charge in [0.25, 0.3) is 0 Å². The molecule has 0 unspecified atom stereocenters. The third-order valence-corrected chi connectivity index (χ3v) is 5.49. The molecule has 1 aliphatic carbocycles. The van der Waals surface area contributed by atoms with Gasteiger partial charge in [-0.25, -0.2) is 9.41 Å². The molecule has 0 atom stereocenters. The quantitative estimate of drug-likeness (QED) is 0.359. The number of hydrogen-bond donors (Lipinski definition) is 0. The zero-order chi connectivity index (χ0) is 17.2. The van der Waals surface area contributed by atoms with Crippen molar-refractivity contribution in [1.82, 2.24) is 19.6 Å². The van der Waals surface area contributed by atoms with Gasteiger partial charge < -0.3 is 5.21 Å². The van der Waals surface area contributed by atoms with Gasteiger partial charge in [0.2, 0.25) is 0 Å². The maximum atomic E-state index is 13.0. The molecule has 0 aliphatic heterocycles. The fourth-order valence-electron chi connectivity index (χ4n) is 3.47. The molecule has 1 fully saturated rings. The number of hydrogen-bond acceptors (Lipinski definition) is 3. The van der Waals surface area contributed by atoms with E-state index in [-0.39, 0.29) is 0 Å². The van der Waals surface area contributed by atoms with Crippen LogP contribution in [0.1, 0.15) is 55.5 Å². The van der Waals surface area contributed by atoms with Crippen LogP contribution in [0, 0.1) is 15.8 Å². The van der Waals surface area contributed by atoms with Gasteiger partial charge in [-0.1, -0.05) is 13.8 Å². The summed E-state index contributed by atoms with van der Waals surface area (Å²) in [4.78, 5) is 0. The highest BCUT2D eigenvalue weighted by Gasteiger charge is 2.34. The van der Waals surface area contributed by atoms with E-state index in [0.717, 1.165) is 43.7 Å². The van der Waals surface area contributed by atoms with E-state index in [4.69, 9.17) is 5.10 Å². The first kappa shape index (κ1) is 15.9. The van der Waals surface area contributed by atoms with Gasteiger partial charge in [0.1, 0.15) is 15.1 Å². The van der Waals surface area contributed by atoms with E-state index in [1.807, 2.05) is 17.9 Å². The first-order valence-corrected chi connectivity index (χ1v) is 9.31. The first-order valence-electron chi connectivity index (χ1n) is 8.23. The Kier molecular flexibility index (Phi) is 3.59. The van der Waals surface area contributed by atoms with Gasteiger partial charge in [-0.3, -0.25) is 0 Å². The van der Waals surface area contributed by atoms with Crippen LogP contribution in [-0.2, 0) is 7.05 Å². The molecule has 3 aromatic heterocycles. The highest BCUT2D eigenvalue weighted by molar-refractivity contribution is 14.1. The zero-order valence-corrected chi connectivity index (χ0v) is 16.4. The average Bonchev–Trinajstić information content (AvgIpc) is 3.18. The molecule has 0 bridgehead atoms. The first-order chi connectivity index (χ1) is 11.4. The summed E-state index contributed by atoms with van der Waals surface area (Å²) in [5.41, 5.74) is 4.56. The molecule has 126 valence electrons. The predicted molar refractivity (Wildman–Crippen MR) is 100 cm³/mol. The van der Waals surface area contributed by atoms with Crippen LogP contribution in [0.15, 0.2) is 12.3 Å². The van der Waals surface area contributed by atoms with Gasteiger partial charge in [-0.05, 0) is 54.3 Å². The molecular formula is C17H20IN5O. The van der Waals surface area contributed by atoms with Crippen LogP contribution in [0.2, 0.25) is 0 Å². The minimum Gasteiger partial charge on any atom is -0.710 e. The molecule has 4 rings (SSSR count). The number of rotatable bonds is 3. The molecule has 0 radical (unpaired) electrons. The van der Waals surface area contributed by atoms with Crippen LogP contribution in [0.4, 0.5) is 0 Å². The lowest BCUT2D eigenvalue weighted by atomic mass is 10.0. The number of halogens is 1. The van der Waals surface area contributed by atoms with E-state index in [1.54, 1.807) is 4.68 Å². The lowest BCUT2D eigenvalue weighted by molar-refractivity contribution is -0.588. The van der Waals surface area contributed by atoms with Crippen molar-refractivity contribution in [2.45, 2.75) is 45.4 Å². The Hall–Kier alpha value is -1.64.